The van der Waals surface area contributed by atoms with Gasteiger partial charge in [0.15, 0.2) is 0 Å². The standard InChI is InChI=1S/C24H27FN4O/c1-2-18-6-8-19(9-7-18)17-28-14-11-22(12-15-28)29-23(10-13-26-29)27-24(30)20-4-3-5-21(25)16-20/h3-10,13,16,22H,2,11-12,14-15,17H2,1H3,(H,27,30). The maximum Gasteiger partial charge on any atom is 0.256 e. The average Bonchev–Trinajstić information content (AvgIpc) is 3.23. The van der Waals surface area contributed by atoms with Gasteiger partial charge in [0.25, 0.3) is 5.91 Å². The van der Waals surface area contributed by atoms with E-state index in [9.17, 15) is 9.18 Å². The van der Waals surface area contributed by atoms with E-state index >= 15 is 0 Å². The minimum Gasteiger partial charge on any atom is -0.307 e. The summed E-state index contributed by atoms with van der Waals surface area (Å²) in [6.07, 6.45) is 4.70. The van der Waals surface area contributed by atoms with E-state index in [4.69, 9.17) is 0 Å². The van der Waals surface area contributed by atoms with Gasteiger partial charge in [-0.3, -0.25) is 9.69 Å². The first-order chi connectivity index (χ1) is 14.6. The van der Waals surface area contributed by atoms with Crippen LogP contribution in [-0.2, 0) is 13.0 Å². The Kier molecular flexibility index (Phi) is 6.23. The number of aromatic nitrogens is 2. The Morgan fingerprint density at radius 3 is 2.53 bits per heavy atom. The van der Waals surface area contributed by atoms with Crippen molar-refractivity contribution < 1.29 is 9.18 Å². The number of halogens is 1. The zero-order valence-electron chi connectivity index (χ0n) is 17.2. The zero-order chi connectivity index (χ0) is 20.9. The highest BCUT2D eigenvalue weighted by Crippen LogP contribution is 2.26. The monoisotopic (exact) mass is 406 g/mol. The Labute approximate surface area is 176 Å². The van der Waals surface area contributed by atoms with E-state index in [0.29, 0.717) is 11.4 Å². The lowest BCUT2D eigenvalue weighted by molar-refractivity contribution is 0.102. The molecular formula is C24H27FN4O. The summed E-state index contributed by atoms with van der Waals surface area (Å²) in [5.74, 6) is -0.102. The number of carbonyl (C=O) groups is 1. The van der Waals surface area contributed by atoms with Crippen LogP contribution in [0.1, 0.15) is 47.3 Å². The first-order valence-corrected chi connectivity index (χ1v) is 10.5. The minimum atomic E-state index is -0.423. The van der Waals surface area contributed by atoms with Crippen molar-refractivity contribution in [2.75, 3.05) is 18.4 Å². The number of amides is 1. The van der Waals surface area contributed by atoms with Crippen molar-refractivity contribution in [1.29, 1.82) is 0 Å². The normalized spacial score (nSPS) is 15.3. The minimum absolute atomic E-state index is 0.238. The number of anilines is 1. The Balaban J connectivity index is 1.35. The Morgan fingerprint density at radius 2 is 1.83 bits per heavy atom. The molecule has 1 aliphatic heterocycles. The summed E-state index contributed by atoms with van der Waals surface area (Å²) in [5.41, 5.74) is 3.00. The molecule has 1 aromatic heterocycles. The number of nitrogens with zero attached hydrogens (tertiary/aromatic N) is 3. The van der Waals surface area contributed by atoms with E-state index in [2.05, 4.69) is 46.5 Å². The molecule has 1 fully saturated rings. The Morgan fingerprint density at radius 1 is 1.10 bits per heavy atom. The molecule has 3 aromatic rings. The summed E-state index contributed by atoms with van der Waals surface area (Å²) in [6, 6.07) is 16.6. The third-order valence-corrected chi connectivity index (χ3v) is 5.74. The molecule has 0 atom stereocenters. The summed E-state index contributed by atoms with van der Waals surface area (Å²) in [5, 5.41) is 7.32. The number of carbonyl (C=O) groups excluding carboxylic acids is 1. The molecule has 156 valence electrons. The first-order valence-electron chi connectivity index (χ1n) is 10.5. The van der Waals surface area contributed by atoms with Gasteiger partial charge in [-0.15, -0.1) is 0 Å². The van der Waals surface area contributed by atoms with Gasteiger partial charge in [-0.2, -0.15) is 5.10 Å². The number of benzene rings is 2. The highest BCUT2D eigenvalue weighted by atomic mass is 19.1. The van der Waals surface area contributed by atoms with Gasteiger partial charge in [0.2, 0.25) is 0 Å². The van der Waals surface area contributed by atoms with Crippen LogP contribution in [0.3, 0.4) is 0 Å². The molecule has 1 N–H and O–H groups in total. The maximum absolute atomic E-state index is 13.4. The summed E-state index contributed by atoms with van der Waals surface area (Å²) in [7, 11) is 0. The van der Waals surface area contributed by atoms with E-state index < -0.39 is 5.82 Å². The van der Waals surface area contributed by atoms with Crippen LogP contribution in [0.4, 0.5) is 10.2 Å². The molecule has 2 heterocycles. The van der Waals surface area contributed by atoms with E-state index in [1.807, 2.05) is 4.68 Å². The molecule has 4 rings (SSSR count). The molecule has 30 heavy (non-hydrogen) atoms. The average molecular weight is 407 g/mol. The van der Waals surface area contributed by atoms with E-state index in [1.54, 1.807) is 18.3 Å². The maximum atomic E-state index is 13.4. The molecule has 1 saturated heterocycles. The van der Waals surface area contributed by atoms with Crippen LogP contribution in [0, 0.1) is 5.82 Å². The molecule has 1 amide bonds. The van der Waals surface area contributed by atoms with Crippen LogP contribution >= 0.6 is 0 Å². The second kappa shape index (κ2) is 9.22. The Bertz CT molecular complexity index is 990. The van der Waals surface area contributed by atoms with E-state index in [0.717, 1.165) is 38.9 Å². The van der Waals surface area contributed by atoms with Gasteiger partial charge in [0.1, 0.15) is 11.6 Å². The largest absolute Gasteiger partial charge is 0.307 e. The predicted molar refractivity (Wildman–Crippen MR) is 116 cm³/mol. The van der Waals surface area contributed by atoms with Gasteiger partial charge < -0.3 is 5.32 Å². The lowest BCUT2D eigenvalue weighted by Gasteiger charge is -2.32. The van der Waals surface area contributed by atoms with Crippen LogP contribution in [0.15, 0.2) is 60.8 Å². The molecule has 0 spiro atoms. The van der Waals surface area contributed by atoms with Crippen molar-refractivity contribution in [2.45, 2.75) is 38.8 Å². The number of rotatable bonds is 6. The van der Waals surface area contributed by atoms with Crippen LogP contribution < -0.4 is 5.32 Å². The van der Waals surface area contributed by atoms with Crippen molar-refractivity contribution >= 4 is 11.7 Å². The SMILES string of the molecule is CCc1ccc(CN2CCC(n3nccc3NC(=O)c3cccc(F)c3)CC2)cc1. The molecule has 6 heteroatoms. The molecule has 1 aliphatic rings. The number of likely N-dealkylation sites (tertiary alicyclic amines) is 1. The molecule has 0 radical (unpaired) electrons. The van der Waals surface area contributed by atoms with Crippen molar-refractivity contribution in [2.24, 2.45) is 0 Å². The molecule has 2 aromatic carbocycles. The van der Waals surface area contributed by atoms with Gasteiger partial charge in [-0.1, -0.05) is 37.3 Å². The van der Waals surface area contributed by atoms with Gasteiger partial charge >= 0.3 is 0 Å². The third kappa shape index (κ3) is 4.76. The highest BCUT2D eigenvalue weighted by Gasteiger charge is 2.23. The van der Waals surface area contributed by atoms with Crippen LogP contribution in [0.25, 0.3) is 0 Å². The summed E-state index contributed by atoms with van der Waals surface area (Å²) in [6.45, 7) is 5.09. The molecule has 0 aliphatic carbocycles. The van der Waals surface area contributed by atoms with E-state index in [-0.39, 0.29) is 11.9 Å². The summed E-state index contributed by atoms with van der Waals surface area (Å²) >= 11 is 0. The fraction of sp³-hybridized carbons (Fsp3) is 0.333. The van der Waals surface area contributed by atoms with Gasteiger partial charge in [-0.05, 0) is 48.6 Å². The zero-order valence-corrected chi connectivity index (χ0v) is 17.2. The lowest BCUT2D eigenvalue weighted by Crippen LogP contribution is -2.35. The molecule has 0 saturated carbocycles. The number of hydrogen-bond acceptors (Lipinski definition) is 3. The smallest absolute Gasteiger partial charge is 0.256 e. The molecule has 0 bridgehead atoms. The highest BCUT2D eigenvalue weighted by molar-refractivity contribution is 6.03. The molecule has 5 nitrogen and oxygen atoms in total. The number of aryl methyl sites for hydroxylation is 1. The quantitative estimate of drug-likeness (QED) is 0.647. The number of piperidine rings is 1. The second-order valence-corrected chi connectivity index (χ2v) is 7.80. The summed E-state index contributed by atoms with van der Waals surface area (Å²) < 4.78 is 15.3. The number of hydrogen-bond donors (Lipinski definition) is 1. The molecular weight excluding hydrogens is 379 g/mol. The van der Waals surface area contributed by atoms with E-state index in [1.165, 1.54) is 29.3 Å². The molecule has 0 unspecified atom stereocenters. The van der Waals surface area contributed by atoms with Gasteiger partial charge in [0.05, 0.1) is 12.2 Å². The summed E-state index contributed by atoms with van der Waals surface area (Å²) in [4.78, 5) is 14.9. The first kappa shape index (κ1) is 20.3. The van der Waals surface area contributed by atoms with Crippen LogP contribution in [0.5, 0.6) is 0 Å². The van der Waals surface area contributed by atoms with Crippen molar-refractivity contribution in [1.82, 2.24) is 14.7 Å². The Hall–Kier alpha value is -2.99. The van der Waals surface area contributed by atoms with Gasteiger partial charge in [0, 0.05) is 31.3 Å². The number of nitrogens with one attached hydrogen (secondary N) is 1. The van der Waals surface area contributed by atoms with Crippen LogP contribution in [0.2, 0.25) is 0 Å². The van der Waals surface area contributed by atoms with Crippen molar-refractivity contribution in [3.63, 3.8) is 0 Å². The van der Waals surface area contributed by atoms with Crippen LogP contribution in [-0.4, -0.2) is 33.7 Å². The fourth-order valence-corrected chi connectivity index (χ4v) is 3.98. The topological polar surface area (TPSA) is 50.2 Å². The second-order valence-electron chi connectivity index (χ2n) is 7.80. The van der Waals surface area contributed by atoms with Gasteiger partial charge in [-0.25, -0.2) is 9.07 Å². The lowest BCUT2D eigenvalue weighted by atomic mass is 10.0. The third-order valence-electron chi connectivity index (χ3n) is 5.74. The van der Waals surface area contributed by atoms with Crippen molar-refractivity contribution in [3.05, 3.63) is 83.3 Å². The predicted octanol–water partition coefficient (Wildman–Crippen LogP) is 4.67. The van der Waals surface area contributed by atoms with Crippen molar-refractivity contribution in [3.8, 4) is 0 Å². The fourth-order valence-electron chi connectivity index (χ4n) is 3.98.